The second-order valence-electron chi connectivity index (χ2n) is 12.2. The number of amides is 1. The van der Waals surface area contributed by atoms with Crippen molar-refractivity contribution in [3.8, 4) is 11.3 Å². The molecule has 1 saturated carbocycles. The van der Waals surface area contributed by atoms with Crippen LogP contribution in [0.3, 0.4) is 0 Å². The molecule has 246 valence electrons. The van der Waals surface area contributed by atoms with Crippen LogP contribution in [0, 0.1) is 5.92 Å². The maximum atomic E-state index is 13.5. The number of carbonyl (C=O) groups is 1. The molecule has 0 aliphatic heterocycles. The number of hydrogen-bond acceptors (Lipinski definition) is 7. The molecule has 2 heterocycles. The van der Waals surface area contributed by atoms with Gasteiger partial charge < -0.3 is 15.7 Å². The summed E-state index contributed by atoms with van der Waals surface area (Å²) in [6.07, 6.45) is 10.5. The minimum absolute atomic E-state index is 0.0936. The minimum Gasteiger partial charge on any atom is -0.393 e. The Morgan fingerprint density at radius 2 is 1.70 bits per heavy atom. The van der Waals surface area contributed by atoms with Crippen LogP contribution in [-0.2, 0) is 17.5 Å². The zero-order chi connectivity index (χ0) is 32.5. The van der Waals surface area contributed by atoms with Gasteiger partial charge in [0, 0.05) is 49.7 Å². The molecule has 10 nitrogen and oxygen atoms in total. The Labute approximate surface area is 274 Å². The van der Waals surface area contributed by atoms with E-state index in [1.54, 1.807) is 23.5 Å². The normalized spacial score (nSPS) is 17.1. The van der Waals surface area contributed by atoms with Gasteiger partial charge in [0.25, 0.3) is 5.91 Å². The molecule has 4 aromatic rings. The number of unbranched alkanes of at least 4 members (excludes halogenated alkanes) is 3. The Morgan fingerprint density at radius 1 is 0.978 bits per heavy atom. The standard InChI is InChI=1S/C35H47N7O3S/c1-4-6-8-22-36-34(44)27-11-15-28(16-12-27)41(3)46(45)30-19-13-26(14-20-30)32-31-23-38-35(37-21-7-5-2)39-33(31)42(40-32)24-25-9-17-29(43)18-10-25/h11-16,19-20,23,25,29,43H,4-10,17-18,21-22,24H2,1-3H3,(H,36,44)(H,37,38,39). The lowest BCUT2D eigenvalue weighted by Gasteiger charge is -2.25. The second-order valence-corrected chi connectivity index (χ2v) is 13.7. The van der Waals surface area contributed by atoms with Crippen molar-refractivity contribution < 1.29 is 14.1 Å². The molecule has 2 aromatic heterocycles. The van der Waals surface area contributed by atoms with Crippen LogP contribution in [-0.4, -0.2) is 61.2 Å². The lowest BCUT2D eigenvalue weighted by atomic mass is 9.87. The van der Waals surface area contributed by atoms with Crippen molar-refractivity contribution in [2.45, 2.75) is 89.2 Å². The molecule has 1 aliphatic rings. The van der Waals surface area contributed by atoms with Crippen LogP contribution in [0.15, 0.2) is 59.6 Å². The summed E-state index contributed by atoms with van der Waals surface area (Å²) in [4.78, 5) is 22.6. The van der Waals surface area contributed by atoms with Crippen LogP contribution in [0.4, 0.5) is 11.6 Å². The first kappa shape index (κ1) is 33.5. The molecule has 11 heteroatoms. The maximum Gasteiger partial charge on any atom is 0.251 e. The molecular weight excluding hydrogens is 598 g/mol. The third kappa shape index (κ3) is 8.30. The molecular formula is C35H47N7O3S. The van der Waals surface area contributed by atoms with Gasteiger partial charge in [-0.05, 0) is 80.8 Å². The number of aromatic nitrogens is 4. The number of rotatable bonds is 15. The van der Waals surface area contributed by atoms with E-state index in [1.807, 2.05) is 47.3 Å². The number of nitrogens with zero attached hydrogens (tertiary/aromatic N) is 5. The minimum atomic E-state index is -1.45. The van der Waals surface area contributed by atoms with Crippen LogP contribution < -0.4 is 14.9 Å². The zero-order valence-electron chi connectivity index (χ0n) is 27.2. The van der Waals surface area contributed by atoms with E-state index >= 15 is 0 Å². The third-order valence-corrected chi connectivity index (χ3v) is 10.1. The van der Waals surface area contributed by atoms with Crippen molar-refractivity contribution in [1.82, 2.24) is 25.1 Å². The van der Waals surface area contributed by atoms with Crippen molar-refractivity contribution >= 4 is 39.6 Å². The van der Waals surface area contributed by atoms with Crippen molar-refractivity contribution in [3.05, 3.63) is 60.3 Å². The molecule has 46 heavy (non-hydrogen) atoms. The van der Waals surface area contributed by atoms with E-state index in [-0.39, 0.29) is 12.0 Å². The lowest BCUT2D eigenvalue weighted by Crippen LogP contribution is -2.24. The predicted octanol–water partition coefficient (Wildman–Crippen LogP) is 6.34. The van der Waals surface area contributed by atoms with Gasteiger partial charge in [-0.2, -0.15) is 10.1 Å². The second kappa shape index (κ2) is 16.1. The van der Waals surface area contributed by atoms with Crippen LogP contribution in [0.25, 0.3) is 22.3 Å². The van der Waals surface area contributed by atoms with Crippen molar-refractivity contribution in [1.29, 1.82) is 0 Å². The monoisotopic (exact) mass is 645 g/mol. The average molecular weight is 646 g/mol. The fraction of sp³-hybridized carbons (Fsp3) is 0.486. The van der Waals surface area contributed by atoms with E-state index in [9.17, 15) is 14.1 Å². The van der Waals surface area contributed by atoms with Crippen LogP contribution >= 0.6 is 0 Å². The largest absolute Gasteiger partial charge is 0.393 e. The molecule has 1 aliphatic carbocycles. The average Bonchev–Trinajstić information content (AvgIpc) is 3.44. The summed E-state index contributed by atoms with van der Waals surface area (Å²) in [5, 5.41) is 22.2. The summed E-state index contributed by atoms with van der Waals surface area (Å²) >= 11 is 0. The molecule has 1 fully saturated rings. The Kier molecular flexibility index (Phi) is 11.8. The number of carbonyl (C=O) groups excluding carboxylic acids is 1. The molecule has 0 bridgehead atoms. The van der Waals surface area contributed by atoms with Gasteiger partial charge in [-0.25, -0.2) is 13.9 Å². The van der Waals surface area contributed by atoms with Gasteiger partial charge in [0.15, 0.2) is 16.6 Å². The molecule has 1 amide bonds. The molecule has 1 unspecified atom stereocenters. The first-order valence-electron chi connectivity index (χ1n) is 16.7. The van der Waals surface area contributed by atoms with Gasteiger partial charge in [0.1, 0.15) is 5.69 Å². The number of hydrogen-bond donors (Lipinski definition) is 3. The molecule has 3 N–H and O–H groups in total. The first-order chi connectivity index (χ1) is 22.4. The van der Waals surface area contributed by atoms with Crippen molar-refractivity contribution in [3.63, 3.8) is 0 Å². The molecule has 0 spiro atoms. The molecule has 0 saturated heterocycles. The van der Waals surface area contributed by atoms with Crippen molar-refractivity contribution in [2.75, 3.05) is 29.8 Å². The molecule has 2 aromatic carbocycles. The first-order valence-corrected chi connectivity index (χ1v) is 17.8. The number of benzene rings is 2. The van der Waals surface area contributed by atoms with Gasteiger partial charge in [0.2, 0.25) is 5.95 Å². The number of aliphatic hydroxyl groups excluding tert-OH is 1. The van der Waals surface area contributed by atoms with Gasteiger partial charge in [-0.15, -0.1) is 0 Å². The Morgan fingerprint density at radius 3 is 2.39 bits per heavy atom. The van der Waals surface area contributed by atoms with E-state index in [0.717, 1.165) is 98.9 Å². The topological polar surface area (TPSA) is 125 Å². The zero-order valence-corrected chi connectivity index (χ0v) is 28.1. The van der Waals surface area contributed by atoms with Crippen LogP contribution in [0.5, 0.6) is 0 Å². The number of anilines is 2. The highest BCUT2D eigenvalue weighted by molar-refractivity contribution is 7.86. The summed E-state index contributed by atoms with van der Waals surface area (Å²) in [5.74, 6) is 0.937. The van der Waals surface area contributed by atoms with Crippen LogP contribution in [0.1, 0.15) is 82.0 Å². The van der Waals surface area contributed by atoms with E-state index in [1.165, 1.54) is 0 Å². The van der Waals surface area contributed by atoms with Crippen molar-refractivity contribution in [2.24, 2.45) is 5.92 Å². The number of nitrogens with one attached hydrogen (secondary N) is 2. The fourth-order valence-corrected chi connectivity index (χ4v) is 6.82. The van der Waals surface area contributed by atoms with Gasteiger partial charge in [-0.1, -0.05) is 45.2 Å². The lowest BCUT2D eigenvalue weighted by molar-refractivity contribution is 0.0952. The summed E-state index contributed by atoms with van der Waals surface area (Å²) in [7, 11) is 0.333. The Hall–Kier alpha value is -3.83. The molecule has 1 atom stereocenters. The van der Waals surface area contributed by atoms with E-state index in [2.05, 4.69) is 29.5 Å². The fourth-order valence-electron chi connectivity index (χ4n) is 5.82. The third-order valence-electron chi connectivity index (χ3n) is 8.69. The Balaban J connectivity index is 1.32. The van der Waals surface area contributed by atoms with Gasteiger partial charge >= 0.3 is 0 Å². The smallest absolute Gasteiger partial charge is 0.251 e. The highest BCUT2D eigenvalue weighted by Crippen LogP contribution is 2.31. The highest BCUT2D eigenvalue weighted by Gasteiger charge is 2.23. The molecule has 5 rings (SSSR count). The quantitative estimate of drug-likeness (QED) is 0.129. The van der Waals surface area contributed by atoms with Crippen LogP contribution in [0.2, 0.25) is 0 Å². The van der Waals surface area contributed by atoms with Gasteiger partial charge in [0.05, 0.1) is 16.4 Å². The molecule has 0 radical (unpaired) electrons. The Bertz CT molecular complexity index is 1600. The maximum absolute atomic E-state index is 13.5. The SMILES string of the molecule is CCCCCNC(=O)c1ccc(N(C)S(=O)c2ccc(-c3nn(CC4CCC(O)CC4)c4nc(NCCCC)ncc34)cc2)cc1. The number of fused-ring (bicyclic) bond motifs is 1. The number of aliphatic hydroxyl groups is 1. The predicted molar refractivity (Wildman–Crippen MR) is 185 cm³/mol. The summed E-state index contributed by atoms with van der Waals surface area (Å²) in [6.45, 7) is 6.51. The highest BCUT2D eigenvalue weighted by atomic mass is 32.2. The summed E-state index contributed by atoms with van der Waals surface area (Å²) in [6, 6.07) is 14.8. The summed E-state index contributed by atoms with van der Waals surface area (Å²) in [5.41, 5.74) is 3.83. The van der Waals surface area contributed by atoms with Gasteiger partial charge in [-0.3, -0.25) is 9.10 Å². The van der Waals surface area contributed by atoms with E-state index < -0.39 is 11.0 Å². The summed E-state index contributed by atoms with van der Waals surface area (Å²) < 4.78 is 17.2. The van der Waals surface area contributed by atoms with E-state index in [0.29, 0.717) is 28.9 Å². The van der Waals surface area contributed by atoms with E-state index in [4.69, 9.17) is 10.1 Å².